The van der Waals surface area contributed by atoms with E-state index in [2.05, 4.69) is 4.90 Å². The third-order valence-corrected chi connectivity index (χ3v) is 3.59. The van der Waals surface area contributed by atoms with E-state index in [1.807, 2.05) is 6.92 Å². The lowest BCUT2D eigenvalue weighted by Gasteiger charge is -2.33. The van der Waals surface area contributed by atoms with Gasteiger partial charge in [-0.05, 0) is 43.5 Å². The second kappa shape index (κ2) is 6.87. The predicted octanol–water partition coefficient (Wildman–Crippen LogP) is 2.44. The van der Waals surface area contributed by atoms with Gasteiger partial charge in [0.2, 0.25) is 0 Å². The molecule has 0 aromatic heterocycles. The number of aliphatic hydroxyl groups excluding tert-OH is 1. The molecule has 0 bridgehead atoms. The van der Waals surface area contributed by atoms with Crippen molar-refractivity contribution in [2.24, 2.45) is 0 Å². The fourth-order valence-corrected chi connectivity index (χ4v) is 2.34. The van der Waals surface area contributed by atoms with Crippen LogP contribution in [0.15, 0.2) is 24.3 Å². The summed E-state index contributed by atoms with van der Waals surface area (Å²) in [5.41, 5.74) is 0. The average Bonchev–Trinajstić information content (AvgIpc) is 2.43. The van der Waals surface area contributed by atoms with Crippen molar-refractivity contribution in [1.29, 1.82) is 0 Å². The van der Waals surface area contributed by atoms with Crippen molar-refractivity contribution in [2.45, 2.75) is 38.4 Å². The molecule has 1 heterocycles. The molecule has 1 aliphatic heterocycles. The minimum Gasteiger partial charge on any atom is -0.490 e. The number of ether oxygens (including phenoxy) is 1. The van der Waals surface area contributed by atoms with E-state index in [0.717, 1.165) is 44.6 Å². The number of likely N-dealkylation sites (tertiary alicyclic amines) is 1. The lowest BCUT2D eigenvalue weighted by molar-refractivity contribution is 0.0599. The highest BCUT2D eigenvalue weighted by atomic mass is 19.1. The summed E-state index contributed by atoms with van der Waals surface area (Å²) >= 11 is 0. The summed E-state index contributed by atoms with van der Waals surface area (Å²) in [6.07, 6.45) is 2.67. The zero-order valence-corrected chi connectivity index (χ0v) is 11.4. The molecule has 0 aliphatic carbocycles. The number of piperidine rings is 1. The van der Waals surface area contributed by atoms with Gasteiger partial charge in [-0.25, -0.2) is 4.39 Å². The first-order valence-corrected chi connectivity index (χ1v) is 7.00. The van der Waals surface area contributed by atoms with Gasteiger partial charge in [0.05, 0.1) is 6.10 Å². The molecule has 3 nitrogen and oxygen atoms in total. The van der Waals surface area contributed by atoms with Gasteiger partial charge in [0.15, 0.2) is 0 Å². The Bertz CT molecular complexity index is 374. The van der Waals surface area contributed by atoms with Gasteiger partial charge in [-0.3, -0.25) is 0 Å². The second-order valence-corrected chi connectivity index (χ2v) is 5.13. The molecule has 0 radical (unpaired) electrons. The first-order chi connectivity index (χ1) is 9.17. The highest BCUT2D eigenvalue weighted by Gasteiger charge is 2.21. The molecule has 1 N–H and O–H groups in total. The molecule has 1 unspecified atom stereocenters. The summed E-state index contributed by atoms with van der Waals surface area (Å²) in [7, 11) is 0. The van der Waals surface area contributed by atoms with E-state index in [9.17, 15) is 9.50 Å². The summed E-state index contributed by atoms with van der Waals surface area (Å²) in [6, 6.07) is 6.18. The monoisotopic (exact) mass is 267 g/mol. The Morgan fingerprint density at radius 3 is 2.53 bits per heavy atom. The summed E-state index contributed by atoms with van der Waals surface area (Å²) < 4.78 is 18.6. The topological polar surface area (TPSA) is 32.7 Å². The Labute approximate surface area is 114 Å². The minimum absolute atomic E-state index is 0.195. The maximum atomic E-state index is 12.8. The van der Waals surface area contributed by atoms with Gasteiger partial charge in [0.25, 0.3) is 0 Å². The highest BCUT2D eigenvalue weighted by Crippen LogP contribution is 2.19. The maximum absolute atomic E-state index is 12.8. The molecule has 19 heavy (non-hydrogen) atoms. The van der Waals surface area contributed by atoms with Gasteiger partial charge in [-0.1, -0.05) is 6.92 Å². The molecule has 1 aromatic carbocycles. The van der Waals surface area contributed by atoms with Crippen molar-refractivity contribution in [3.05, 3.63) is 30.1 Å². The van der Waals surface area contributed by atoms with Crippen LogP contribution in [0.4, 0.5) is 4.39 Å². The molecule has 1 saturated heterocycles. The maximum Gasteiger partial charge on any atom is 0.123 e. The molecule has 1 fully saturated rings. The summed E-state index contributed by atoms with van der Waals surface area (Å²) in [6.45, 7) is 4.64. The molecule has 4 heteroatoms. The van der Waals surface area contributed by atoms with Gasteiger partial charge in [-0.15, -0.1) is 0 Å². The molecule has 1 aromatic rings. The molecule has 0 amide bonds. The predicted molar refractivity (Wildman–Crippen MR) is 72.8 cm³/mol. The molecule has 1 atom stereocenters. The smallest absolute Gasteiger partial charge is 0.123 e. The van der Waals surface area contributed by atoms with Crippen molar-refractivity contribution in [3.8, 4) is 5.75 Å². The quantitative estimate of drug-likeness (QED) is 0.889. The number of nitrogens with zero attached hydrogens (tertiary/aromatic N) is 1. The third kappa shape index (κ3) is 4.48. The molecule has 0 spiro atoms. The summed E-state index contributed by atoms with van der Waals surface area (Å²) in [4.78, 5) is 2.28. The third-order valence-electron chi connectivity index (χ3n) is 3.59. The van der Waals surface area contributed by atoms with Crippen molar-refractivity contribution in [1.82, 2.24) is 4.90 Å². The van der Waals surface area contributed by atoms with E-state index in [1.54, 1.807) is 12.1 Å². The number of benzene rings is 1. The van der Waals surface area contributed by atoms with Crippen molar-refractivity contribution in [3.63, 3.8) is 0 Å². The van der Waals surface area contributed by atoms with Crippen LogP contribution in [0.2, 0.25) is 0 Å². The van der Waals surface area contributed by atoms with E-state index < -0.39 is 0 Å². The molecular weight excluding hydrogens is 245 g/mol. The second-order valence-electron chi connectivity index (χ2n) is 5.13. The fourth-order valence-electron chi connectivity index (χ4n) is 2.34. The molecule has 106 valence electrons. The van der Waals surface area contributed by atoms with Crippen molar-refractivity contribution >= 4 is 0 Å². The summed E-state index contributed by atoms with van der Waals surface area (Å²) in [5.74, 6) is 0.490. The zero-order valence-electron chi connectivity index (χ0n) is 11.4. The van der Waals surface area contributed by atoms with Crippen LogP contribution >= 0.6 is 0 Å². The van der Waals surface area contributed by atoms with Crippen molar-refractivity contribution < 1.29 is 14.2 Å². The normalized spacial score (nSPS) is 19.3. The Morgan fingerprint density at radius 2 is 1.95 bits per heavy atom. The lowest BCUT2D eigenvalue weighted by atomic mass is 10.1. The van der Waals surface area contributed by atoms with Crippen LogP contribution in [0, 0.1) is 5.82 Å². The first-order valence-electron chi connectivity index (χ1n) is 7.00. The Kier molecular flexibility index (Phi) is 5.16. The van der Waals surface area contributed by atoms with Gasteiger partial charge < -0.3 is 14.7 Å². The van der Waals surface area contributed by atoms with E-state index in [-0.39, 0.29) is 18.0 Å². The van der Waals surface area contributed by atoms with Crippen LogP contribution in [-0.2, 0) is 0 Å². The van der Waals surface area contributed by atoms with Gasteiger partial charge in [-0.2, -0.15) is 0 Å². The van der Waals surface area contributed by atoms with E-state index in [1.165, 1.54) is 12.1 Å². The van der Waals surface area contributed by atoms with E-state index in [0.29, 0.717) is 0 Å². The Morgan fingerprint density at radius 1 is 1.32 bits per heavy atom. The Balaban J connectivity index is 1.75. The number of β-amino-alcohol motifs (C(OH)–C–C–N with tert-alkyl or cyclic N) is 1. The van der Waals surface area contributed by atoms with Crippen LogP contribution < -0.4 is 4.74 Å². The number of hydrogen-bond acceptors (Lipinski definition) is 3. The number of rotatable bonds is 5. The van der Waals surface area contributed by atoms with Crippen LogP contribution in [0.3, 0.4) is 0 Å². The van der Waals surface area contributed by atoms with Crippen LogP contribution in [-0.4, -0.2) is 41.8 Å². The lowest BCUT2D eigenvalue weighted by Crippen LogP contribution is -2.41. The number of halogens is 1. The first kappa shape index (κ1) is 14.3. The molecular formula is C15H22FNO2. The molecule has 1 aliphatic rings. The van der Waals surface area contributed by atoms with E-state index in [4.69, 9.17) is 4.74 Å². The van der Waals surface area contributed by atoms with Crippen LogP contribution in [0.25, 0.3) is 0 Å². The Hall–Kier alpha value is -1.13. The van der Waals surface area contributed by atoms with Gasteiger partial charge in [0, 0.05) is 19.6 Å². The average molecular weight is 267 g/mol. The SMILES string of the molecule is CCC(O)CN1CCC(Oc2ccc(F)cc2)CC1. The largest absolute Gasteiger partial charge is 0.490 e. The molecule has 0 saturated carbocycles. The minimum atomic E-state index is -0.240. The van der Waals surface area contributed by atoms with Crippen LogP contribution in [0.5, 0.6) is 5.75 Å². The standard InChI is InChI=1S/C15H22FNO2/c1-2-13(18)11-17-9-7-15(8-10-17)19-14-5-3-12(16)4-6-14/h3-6,13,15,18H,2,7-11H2,1H3. The van der Waals surface area contributed by atoms with Gasteiger partial charge in [0.1, 0.15) is 17.7 Å². The van der Waals surface area contributed by atoms with Gasteiger partial charge >= 0.3 is 0 Å². The van der Waals surface area contributed by atoms with Crippen LogP contribution in [0.1, 0.15) is 26.2 Å². The fraction of sp³-hybridized carbons (Fsp3) is 0.600. The van der Waals surface area contributed by atoms with E-state index >= 15 is 0 Å². The highest BCUT2D eigenvalue weighted by molar-refractivity contribution is 5.22. The van der Waals surface area contributed by atoms with Crippen molar-refractivity contribution in [2.75, 3.05) is 19.6 Å². The summed E-state index contributed by atoms with van der Waals surface area (Å²) in [5, 5.41) is 9.63. The molecule has 2 rings (SSSR count). The number of aliphatic hydroxyl groups is 1. The number of hydrogen-bond donors (Lipinski definition) is 1. The zero-order chi connectivity index (χ0) is 13.7.